The van der Waals surface area contributed by atoms with Crippen molar-refractivity contribution < 1.29 is 0 Å². The highest BCUT2D eigenvalue weighted by Gasteiger charge is 2.17. The van der Waals surface area contributed by atoms with Gasteiger partial charge in [0.25, 0.3) is 0 Å². The van der Waals surface area contributed by atoms with Crippen LogP contribution in [0.2, 0.25) is 5.02 Å². The highest BCUT2D eigenvalue weighted by Crippen LogP contribution is 2.44. The van der Waals surface area contributed by atoms with Crippen molar-refractivity contribution in [2.45, 2.75) is 0 Å². The first-order valence-corrected chi connectivity index (χ1v) is 9.84. The monoisotopic (exact) mass is 389 g/mol. The molecule has 0 aliphatic carbocycles. The van der Waals surface area contributed by atoms with Crippen LogP contribution in [0.4, 0.5) is 0 Å². The van der Waals surface area contributed by atoms with Crippen molar-refractivity contribution in [3.05, 3.63) is 108 Å². The maximum absolute atomic E-state index is 9.21. The van der Waals surface area contributed by atoms with Crippen molar-refractivity contribution in [3.63, 3.8) is 0 Å². The zero-order valence-corrected chi connectivity index (χ0v) is 16.3. The van der Waals surface area contributed by atoms with Gasteiger partial charge in [-0.1, -0.05) is 84.4 Å². The van der Waals surface area contributed by atoms with E-state index in [1.54, 1.807) is 0 Å². The standard InChI is InChI=1S/C27H16ClN/c28-21-15-13-20(14-16-21)27-25-8-4-2-6-23(25)22-5-1-3-7-24(22)26(27)19-11-9-18(17-29)10-12-19/h1-16H. The molecule has 0 heterocycles. The lowest BCUT2D eigenvalue weighted by Crippen LogP contribution is -1.91. The van der Waals surface area contributed by atoms with Gasteiger partial charge in [0.05, 0.1) is 11.6 Å². The minimum absolute atomic E-state index is 0.659. The molecule has 5 aromatic rings. The van der Waals surface area contributed by atoms with E-state index in [-0.39, 0.29) is 0 Å². The summed E-state index contributed by atoms with van der Waals surface area (Å²) in [5.74, 6) is 0. The Morgan fingerprint density at radius 3 is 1.38 bits per heavy atom. The normalized spacial score (nSPS) is 10.9. The van der Waals surface area contributed by atoms with E-state index in [1.807, 2.05) is 36.4 Å². The zero-order valence-electron chi connectivity index (χ0n) is 15.6. The van der Waals surface area contributed by atoms with E-state index >= 15 is 0 Å². The number of fused-ring (bicyclic) bond motifs is 3. The van der Waals surface area contributed by atoms with Crippen LogP contribution >= 0.6 is 11.6 Å². The molecule has 0 atom stereocenters. The Morgan fingerprint density at radius 2 is 0.931 bits per heavy atom. The van der Waals surface area contributed by atoms with Crippen molar-refractivity contribution >= 4 is 33.1 Å². The van der Waals surface area contributed by atoms with Crippen LogP contribution in [-0.4, -0.2) is 0 Å². The molecule has 0 radical (unpaired) electrons. The van der Waals surface area contributed by atoms with Crippen LogP contribution in [0.15, 0.2) is 97.1 Å². The fourth-order valence-electron chi connectivity index (χ4n) is 4.07. The average molecular weight is 390 g/mol. The zero-order chi connectivity index (χ0) is 19.8. The summed E-state index contributed by atoms with van der Waals surface area (Å²) in [4.78, 5) is 0. The molecule has 0 aliphatic rings. The lowest BCUT2D eigenvalue weighted by molar-refractivity contribution is 1.48. The van der Waals surface area contributed by atoms with Crippen LogP contribution < -0.4 is 0 Å². The molecule has 0 saturated carbocycles. The summed E-state index contributed by atoms with van der Waals surface area (Å²) < 4.78 is 0. The molecular formula is C27H16ClN. The molecule has 0 saturated heterocycles. The minimum atomic E-state index is 0.659. The molecule has 1 nitrogen and oxygen atoms in total. The number of rotatable bonds is 2. The number of benzene rings is 5. The molecule has 0 N–H and O–H groups in total. The number of halogens is 1. The third-order valence-electron chi connectivity index (χ3n) is 5.37. The third-order valence-corrected chi connectivity index (χ3v) is 5.62. The maximum atomic E-state index is 9.21. The molecule has 0 unspecified atom stereocenters. The lowest BCUT2D eigenvalue weighted by Gasteiger charge is -2.18. The van der Waals surface area contributed by atoms with Crippen LogP contribution in [0.3, 0.4) is 0 Å². The highest BCUT2D eigenvalue weighted by atomic mass is 35.5. The first-order valence-electron chi connectivity index (χ1n) is 9.46. The van der Waals surface area contributed by atoms with Gasteiger partial charge in [0.15, 0.2) is 0 Å². The Labute approximate surface area is 174 Å². The fourth-order valence-corrected chi connectivity index (χ4v) is 4.19. The summed E-state index contributed by atoms with van der Waals surface area (Å²) in [6, 6.07) is 35.1. The van der Waals surface area contributed by atoms with Gasteiger partial charge in [-0.15, -0.1) is 0 Å². The van der Waals surface area contributed by atoms with E-state index in [0.29, 0.717) is 5.56 Å². The lowest BCUT2D eigenvalue weighted by atomic mass is 9.85. The molecule has 0 aromatic heterocycles. The molecule has 0 amide bonds. The van der Waals surface area contributed by atoms with Crippen molar-refractivity contribution in [3.8, 4) is 28.3 Å². The highest BCUT2D eigenvalue weighted by molar-refractivity contribution is 6.30. The Morgan fingerprint density at radius 1 is 0.517 bits per heavy atom. The molecule has 5 rings (SSSR count). The van der Waals surface area contributed by atoms with Crippen LogP contribution in [0.1, 0.15) is 5.56 Å². The summed E-state index contributed by atoms with van der Waals surface area (Å²) in [6.07, 6.45) is 0. The van der Waals surface area contributed by atoms with Crippen LogP contribution in [-0.2, 0) is 0 Å². The second-order valence-corrected chi connectivity index (χ2v) is 7.47. The number of nitrogens with zero attached hydrogens (tertiary/aromatic N) is 1. The molecule has 0 aliphatic heterocycles. The van der Waals surface area contributed by atoms with E-state index in [0.717, 1.165) is 16.1 Å². The Kier molecular flexibility index (Phi) is 4.28. The molecule has 0 spiro atoms. The molecule has 0 bridgehead atoms. The minimum Gasteiger partial charge on any atom is -0.192 e. The molecule has 29 heavy (non-hydrogen) atoms. The van der Waals surface area contributed by atoms with Crippen molar-refractivity contribution in [2.24, 2.45) is 0 Å². The first kappa shape index (κ1) is 17.5. The largest absolute Gasteiger partial charge is 0.192 e. The van der Waals surface area contributed by atoms with E-state index in [1.165, 1.54) is 32.7 Å². The van der Waals surface area contributed by atoms with Crippen molar-refractivity contribution in [1.82, 2.24) is 0 Å². The summed E-state index contributed by atoms with van der Waals surface area (Å²) in [6.45, 7) is 0. The van der Waals surface area contributed by atoms with Crippen LogP contribution in [0, 0.1) is 11.3 Å². The first-order chi connectivity index (χ1) is 14.3. The van der Waals surface area contributed by atoms with Gasteiger partial charge in [0.1, 0.15) is 0 Å². The number of hydrogen-bond donors (Lipinski definition) is 0. The fraction of sp³-hybridized carbons (Fsp3) is 0. The SMILES string of the molecule is N#Cc1ccc(-c2c(-c3ccc(Cl)cc3)c3ccccc3c3ccccc23)cc1. The van der Waals surface area contributed by atoms with E-state index in [2.05, 4.69) is 66.7 Å². The summed E-state index contributed by atoms with van der Waals surface area (Å²) in [7, 11) is 0. The van der Waals surface area contributed by atoms with E-state index < -0.39 is 0 Å². The van der Waals surface area contributed by atoms with E-state index in [4.69, 9.17) is 11.6 Å². The summed E-state index contributed by atoms with van der Waals surface area (Å²) in [5, 5.41) is 14.8. The third kappa shape index (κ3) is 2.95. The van der Waals surface area contributed by atoms with Gasteiger partial charge < -0.3 is 0 Å². The summed E-state index contributed by atoms with van der Waals surface area (Å²) >= 11 is 6.17. The molecule has 2 heteroatoms. The second-order valence-electron chi connectivity index (χ2n) is 7.04. The molecule has 136 valence electrons. The number of nitriles is 1. The van der Waals surface area contributed by atoms with Crippen LogP contribution in [0.25, 0.3) is 43.8 Å². The van der Waals surface area contributed by atoms with Crippen molar-refractivity contribution in [2.75, 3.05) is 0 Å². The average Bonchev–Trinajstić information content (AvgIpc) is 2.79. The van der Waals surface area contributed by atoms with Crippen molar-refractivity contribution in [1.29, 1.82) is 5.26 Å². The molecule has 5 aromatic carbocycles. The Hall–Kier alpha value is -3.60. The Balaban J connectivity index is 1.98. The van der Waals surface area contributed by atoms with Gasteiger partial charge in [0, 0.05) is 5.02 Å². The predicted molar refractivity (Wildman–Crippen MR) is 122 cm³/mol. The number of hydrogen-bond acceptors (Lipinski definition) is 1. The maximum Gasteiger partial charge on any atom is 0.0991 e. The Bertz CT molecular complexity index is 1390. The van der Waals surface area contributed by atoms with Gasteiger partial charge in [0.2, 0.25) is 0 Å². The molecular weight excluding hydrogens is 374 g/mol. The van der Waals surface area contributed by atoms with Gasteiger partial charge in [-0.25, -0.2) is 0 Å². The van der Waals surface area contributed by atoms with E-state index in [9.17, 15) is 5.26 Å². The topological polar surface area (TPSA) is 23.8 Å². The molecule has 0 fully saturated rings. The van der Waals surface area contributed by atoms with Gasteiger partial charge in [-0.3, -0.25) is 0 Å². The van der Waals surface area contributed by atoms with Crippen LogP contribution in [0.5, 0.6) is 0 Å². The smallest absolute Gasteiger partial charge is 0.0991 e. The quantitative estimate of drug-likeness (QED) is 0.282. The van der Waals surface area contributed by atoms with Gasteiger partial charge in [-0.2, -0.15) is 5.26 Å². The van der Waals surface area contributed by atoms with Gasteiger partial charge in [-0.05, 0) is 68.1 Å². The second kappa shape index (κ2) is 7.09. The predicted octanol–water partition coefficient (Wildman–Crippen LogP) is 7.85. The summed E-state index contributed by atoms with van der Waals surface area (Å²) in [5.41, 5.74) is 5.23. The van der Waals surface area contributed by atoms with Gasteiger partial charge >= 0.3 is 0 Å².